The molecule has 0 saturated carbocycles. The van der Waals surface area contributed by atoms with Gasteiger partial charge in [-0.3, -0.25) is 0 Å². The molecule has 0 radical (unpaired) electrons. The summed E-state index contributed by atoms with van der Waals surface area (Å²) in [7, 11) is -3.42. The van der Waals surface area contributed by atoms with Crippen LogP contribution in [0.25, 0.3) is 0 Å². The Bertz CT molecular complexity index is 770. The molecule has 0 aliphatic rings. The number of hydrogen-bond acceptors (Lipinski definition) is 4. The first-order valence-corrected chi connectivity index (χ1v) is 8.23. The van der Waals surface area contributed by atoms with Crippen LogP contribution in [-0.2, 0) is 16.4 Å². The average molecular weight is 303 g/mol. The Morgan fingerprint density at radius 2 is 2.10 bits per heavy atom. The number of benzene rings is 1. The van der Waals surface area contributed by atoms with Crippen molar-refractivity contribution < 1.29 is 8.42 Å². The summed E-state index contributed by atoms with van der Waals surface area (Å²) in [6, 6.07) is 11.6. The summed E-state index contributed by atoms with van der Waals surface area (Å²) in [6.07, 6.45) is 1.82. The number of nitrogens with two attached hydrogens (primary N) is 1. The van der Waals surface area contributed by atoms with Gasteiger partial charge in [-0.25, -0.2) is 8.42 Å². The first-order chi connectivity index (χ1) is 9.94. The smallest absolute Gasteiger partial charge is 0.180 e. The minimum Gasteiger partial charge on any atom is -0.349 e. The van der Waals surface area contributed by atoms with E-state index < -0.39 is 9.84 Å². The zero-order valence-corrected chi connectivity index (χ0v) is 12.5. The molecular formula is C15H17N3O2S. The number of rotatable bonds is 5. The van der Waals surface area contributed by atoms with E-state index in [0.29, 0.717) is 12.1 Å². The van der Waals surface area contributed by atoms with Crippen LogP contribution in [0.5, 0.6) is 0 Å². The molecule has 0 bridgehead atoms. The molecular weight excluding hydrogens is 286 g/mol. The van der Waals surface area contributed by atoms with Crippen molar-refractivity contribution in [3.63, 3.8) is 0 Å². The molecule has 21 heavy (non-hydrogen) atoms. The number of sulfone groups is 1. The van der Waals surface area contributed by atoms with Gasteiger partial charge >= 0.3 is 0 Å². The Morgan fingerprint density at radius 3 is 2.76 bits per heavy atom. The maximum absolute atomic E-state index is 12.3. The molecule has 1 atom stereocenters. The zero-order valence-electron chi connectivity index (χ0n) is 11.7. The summed E-state index contributed by atoms with van der Waals surface area (Å²) in [4.78, 5) is 0.177. The Balaban J connectivity index is 2.18. The maximum atomic E-state index is 12.3. The Labute approximate surface area is 124 Å². The molecule has 2 N–H and O–H groups in total. The molecule has 1 aromatic heterocycles. The van der Waals surface area contributed by atoms with Gasteiger partial charge < -0.3 is 10.3 Å². The van der Waals surface area contributed by atoms with Gasteiger partial charge in [-0.2, -0.15) is 5.26 Å². The third kappa shape index (κ3) is 3.51. The van der Waals surface area contributed by atoms with Gasteiger partial charge in [0.25, 0.3) is 0 Å². The fourth-order valence-corrected chi connectivity index (χ4v) is 3.40. The monoisotopic (exact) mass is 303 g/mol. The van der Waals surface area contributed by atoms with E-state index in [4.69, 9.17) is 11.0 Å². The van der Waals surface area contributed by atoms with Gasteiger partial charge in [0, 0.05) is 24.5 Å². The molecule has 1 aromatic carbocycles. The fraction of sp³-hybridized carbons (Fsp3) is 0.267. The molecule has 110 valence electrons. The van der Waals surface area contributed by atoms with Crippen molar-refractivity contribution >= 4 is 9.84 Å². The summed E-state index contributed by atoms with van der Waals surface area (Å²) in [6.45, 7) is 2.19. The number of hydrogen-bond donors (Lipinski definition) is 1. The molecule has 0 aliphatic heterocycles. The molecule has 6 heteroatoms. The topological polar surface area (TPSA) is 88.9 Å². The van der Waals surface area contributed by atoms with Crippen LogP contribution in [0.4, 0.5) is 0 Å². The molecule has 0 spiro atoms. The average Bonchev–Trinajstić information content (AvgIpc) is 2.94. The molecule has 0 saturated heterocycles. The zero-order chi connectivity index (χ0) is 15.5. The lowest BCUT2D eigenvalue weighted by molar-refractivity contribution is 0.584. The molecule has 0 amide bonds. The second kappa shape index (κ2) is 6.12. The number of aryl methyl sites for hydroxylation is 1. The second-order valence-electron chi connectivity index (χ2n) is 4.87. The molecule has 2 aromatic rings. The van der Waals surface area contributed by atoms with Gasteiger partial charge in [-0.05, 0) is 37.3 Å². The normalized spacial score (nSPS) is 12.8. The minimum atomic E-state index is -3.42. The minimum absolute atomic E-state index is 0.0315. The number of nitrogens with zero attached hydrogens (tertiary/aromatic N) is 2. The van der Waals surface area contributed by atoms with Gasteiger partial charge in [0.1, 0.15) is 0 Å². The van der Waals surface area contributed by atoms with Gasteiger partial charge in [-0.1, -0.05) is 6.07 Å². The van der Waals surface area contributed by atoms with E-state index in [1.165, 1.54) is 12.1 Å². The molecule has 0 fully saturated rings. The lowest BCUT2D eigenvalue weighted by atomic mass is 10.2. The van der Waals surface area contributed by atoms with Crippen molar-refractivity contribution in [2.75, 3.05) is 5.75 Å². The van der Waals surface area contributed by atoms with E-state index >= 15 is 0 Å². The second-order valence-corrected chi connectivity index (χ2v) is 6.98. The van der Waals surface area contributed by atoms with Crippen molar-refractivity contribution in [1.82, 2.24) is 4.57 Å². The fourth-order valence-electron chi connectivity index (χ4n) is 2.14. The predicted molar refractivity (Wildman–Crippen MR) is 80.2 cm³/mol. The van der Waals surface area contributed by atoms with Crippen LogP contribution in [0.1, 0.15) is 24.2 Å². The molecule has 0 aliphatic carbocycles. The summed E-state index contributed by atoms with van der Waals surface area (Å²) in [5.41, 5.74) is 7.08. The van der Waals surface area contributed by atoms with E-state index in [0.717, 1.165) is 5.69 Å². The lowest BCUT2D eigenvalue weighted by Gasteiger charge is -2.12. The van der Waals surface area contributed by atoms with Crippen LogP contribution in [0.2, 0.25) is 0 Å². The van der Waals surface area contributed by atoms with Crippen molar-refractivity contribution in [1.29, 1.82) is 5.26 Å². The Morgan fingerprint density at radius 1 is 1.33 bits per heavy atom. The van der Waals surface area contributed by atoms with E-state index in [2.05, 4.69) is 0 Å². The van der Waals surface area contributed by atoms with Crippen molar-refractivity contribution in [2.24, 2.45) is 5.73 Å². The highest BCUT2D eigenvalue weighted by molar-refractivity contribution is 7.91. The summed E-state index contributed by atoms with van der Waals surface area (Å²) >= 11 is 0. The van der Waals surface area contributed by atoms with Crippen LogP contribution >= 0.6 is 0 Å². The van der Waals surface area contributed by atoms with Crippen LogP contribution in [0.15, 0.2) is 47.5 Å². The quantitative estimate of drug-likeness (QED) is 0.913. The summed E-state index contributed by atoms with van der Waals surface area (Å²) in [5.74, 6) is -0.0315. The Hall–Kier alpha value is -2.10. The highest BCUT2D eigenvalue weighted by Gasteiger charge is 2.16. The largest absolute Gasteiger partial charge is 0.349 e. The molecule has 2 rings (SSSR count). The van der Waals surface area contributed by atoms with Gasteiger partial charge in [-0.15, -0.1) is 0 Å². The highest BCUT2D eigenvalue weighted by Crippen LogP contribution is 2.15. The van der Waals surface area contributed by atoms with Crippen LogP contribution in [-0.4, -0.2) is 18.7 Å². The number of nitriles is 1. The summed E-state index contributed by atoms with van der Waals surface area (Å²) < 4.78 is 26.5. The SMILES string of the molecule is CC(N)c1cccn1CCS(=O)(=O)c1cccc(C#N)c1. The predicted octanol–water partition coefficient (Wildman–Crippen LogP) is 1.85. The lowest BCUT2D eigenvalue weighted by Crippen LogP contribution is -2.17. The van der Waals surface area contributed by atoms with Crippen LogP contribution in [0, 0.1) is 11.3 Å². The molecule has 1 heterocycles. The highest BCUT2D eigenvalue weighted by atomic mass is 32.2. The van der Waals surface area contributed by atoms with Gasteiger partial charge in [0.05, 0.1) is 22.3 Å². The standard InChI is InChI=1S/C15H17N3O2S/c1-12(17)15-6-3-7-18(15)8-9-21(19,20)14-5-2-4-13(10-14)11-16/h2-7,10,12H,8-9,17H2,1H3. The van der Waals surface area contributed by atoms with E-state index in [9.17, 15) is 8.42 Å². The molecule has 5 nitrogen and oxygen atoms in total. The first kappa shape index (κ1) is 15.3. The van der Waals surface area contributed by atoms with Crippen molar-refractivity contribution in [3.05, 3.63) is 53.9 Å². The Kier molecular flexibility index (Phi) is 4.46. The first-order valence-electron chi connectivity index (χ1n) is 6.57. The van der Waals surface area contributed by atoms with Gasteiger partial charge in [0.15, 0.2) is 9.84 Å². The summed E-state index contributed by atoms with van der Waals surface area (Å²) in [5, 5.41) is 8.84. The van der Waals surface area contributed by atoms with E-state index in [1.807, 2.05) is 35.9 Å². The van der Waals surface area contributed by atoms with E-state index in [1.54, 1.807) is 12.1 Å². The van der Waals surface area contributed by atoms with Crippen molar-refractivity contribution in [2.45, 2.75) is 24.4 Å². The van der Waals surface area contributed by atoms with Crippen LogP contribution in [0.3, 0.4) is 0 Å². The van der Waals surface area contributed by atoms with Crippen molar-refractivity contribution in [3.8, 4) is 6.07 Å². The van der Waals surface area contributed by atoms with Gasteiger partial charge in [0.2, 0.25) is 0 Å². The maximum Gasteiger partial charge on any atom is 0.180 e. The molecule has 1 unspecified atom stereocenters. The van der Waals surface area contributed by atoms with Crippen LogP contribution < -0.4 is 5.73 Å². The number of aromatic nitrogens is 1. The van der Waals surface area contributed by atoms with E-state index in [-0.39, 0.29) is 16.7 Å². The third-order valence-electron chi connectivity index (χ3n) is 3.25. The third-order valence-corrected chi connectivity index (χ3v) is 4.95.